The van der Waals surface area contributed by atoms with Crippen LogP contribution in [0.2, 0.25) is 0 Å². The Kier molecular flexibility index (Phi) is 24.6. The molecule has 2 aromatic heterocycles. The van der Waals surface area contributed by atoms with Crippen LogP contribution in [0.15, 0.2) is 77.7 Å². The molecule has 0 radical (unpaired) electrons. The van der Waals surface area contributed by atoms with Crippen LogP contribution in [0.3, 0.4) is 0 Å². The molecule has 4 rings (SSSR count). The van der Waals surface area contributed by atoms with Crippen molar-refractivity contribution in [3.8, 4) is 11.5 Å². The first-order chi connectivity index (χ1) is 33.0. The van der Waals surface area contributed by atoms with Crippen molar-refractivity contribution in [3.63, 3.8) is 0 Å². The van der Waals surface area contributed by atoms with E-state index in [1.165, 1.54) is 44.6 Å². The fourth-order valence-electron chi connectivity index (χ4n) is 5.96. The molecule has 0 aliphatic heterocycles. The second kappa shape index (κ2) is 29.7. The van der Waals surface area contributed by atoms with E-state index in [9.17, 15) is 34.1 Å². The number of anilines is 3. The Morgan fingerprint density at radius 2 is 1.61 bits per heavy atom. The summed E-state index contributed by atoms with van der Waals surface area (Å²) in [7, 11) is 3.00. The van der Waals surface area contributed by atoms with E-state index >= 15 is 0 Å². The summed E-state index contributed by atoms with van der Waals surface area (Å²) in [5, 5.41) is 24.8. The molecule has 2 aromatic carbocycles. The molecular formula is C46H64N12O11. The third-order valence-corrected chi connectivity index (χ3v) is 8.56. The van der Waals surface area contributed by atoms with Crippen LogP contribution in [-0.2, 0) is 32.2 Å². The number of carbonyl (C=O) groups excluding carboxylic acids is 5. The molecule has 23 nitrogen and oxygen atoms in total. The number of hydrogen-bond donors (Lipinski definition) is 6. The van der Waals surface area contributed by atoms with Crippen LogP contribution >= 0.6 is 0 Å². The number of imidazole rings is 1. The first-order valence-electron chi connectivity index (χ1n) is 21.7. The number of nitrogens with one attached hydrogen (secondary N) is 3. The van der Waals surface area contributed by atoms with Crippen molar-refractivity contribution in [2.45, 2.75) is 73.1 Å². The van der Waals surface area contributed by atoms with E-state index in [4.69, 9.17) is 24.7 Å². The summed E-state index contributed by atoms with van der Waals surface area (Å²) in [6.07, 6.45) is 12.2. The predicted molar refractivity (Wildman–Crippen MR) is 264 cm³/mol. The van der Waals surface area contributed by atoms with Gasteiger partial charge >= 0.3 is 12.1 Å². The SMILES string of the molecule is CCN=C(/C=C(/C)N)C(=O)Nc1nc2cc(C=O)cc(OCCCC(=O)OCC)c2n1C/C=C/CNc1c(OC/C=C/Cn2cc(NC(=O)OC(C)(C)C)cn2)cc(C=O)cc1[N+](=O)[O-].CN.CN. The third-order valence-electron chi connectivity index (χ3n) is 8.56. The number of benzene rings is 2. The van der Waals surface area contributed by atoms with Crippen LogP contribution in [0.1, 0.15) is 75.1 Å². The topological polar surface area (TPSA) is 328 Å². The number of hydrogen-bond acceptors (Lipinski definition) is 18. The second-order valence-corrected chi connectivity index (χ2v) is 15.0. The number of aliphatic imine (C=N–C) groups is 1. The molecule has 0 bridgehead atoms. The van der Waals surface area contributed by atoms with Gasteiger partial charge in [-0.1, -0.05) is 18.2 Å². The van der Waals surface area contributed by atoms with E-state index in [1.54, 1.807) is 81.3 Å². The van der Waals surface area contributed by atoms with Gasteiger partial charge < -0.3 is 46.0 Å². The monoisotopic (exact) mass is 960 g/mol. The lowest BCUT2D eigenvalue weighted by molar-refractivity contribution is -0.384. The summed E-state index contributed by atoms with van der Waals surface area (Å²) in [4.78, 5) is 81.6. The highest BCUT2D eigenvalue weighted by atomic mass is 16.6. The Morgan fingerprint density at radius 1 is 0.928 bits per heavy atom. The summed E-state index contributed by atoms with van der Waals surface area (Å²) >= 11 is 0. The molecular weight excluding hydrogens is 897 g/mol. The number of nitro groups is 1. The minimum atomic E-state index is -0.664. The van der Waals surface area contributed by atoms with Crippen LogP contribution in [0, 0.1) is 10.1 Å². The highest BCUT2D eigenvalue weighted by Crippen LogP contribution is 2.36. The lowest BCUT2D eigenvalue weighted by Crippen LogP contribution is -2.27. The van der Waals surface area contributed by atoms with Gasteiger partial charge in [-0.15, -0.1) is 0 Å². The number of carbonyl (C=O) groups is 5. The second-order valence-electron chi connectivity index (χ2n) is 15.0. The Bertz CT molecular complexity index is 2480. The number of allylic oxidation sites excluding steroid dienone is 3. The predicted octanol–water partition coefficient (Wildman–Crippen LogP) is 5.55. The zero-order valence-corrected chi connectivity index (χ0v) is 40.3. The lowest BCUT2D eigenvalue weighted by Gasteiger charge is -2.19. The van der Waals surface area contributed by atoms with Gasteiger partial charge in [0, 0.05) is 55.1 Å². The number of nitrogens with two attached hydrogens (primary N) is 3. The Labute approximate surface area is 400 Å². The van der Waals surface area contributed by atoms with Gasteiger partial charge in [0.25, 0.3) is 11.6 Å². The van der Waals surface area contributed by atoms with E-state index < -0.39 is 28.2 Å². The number of amides is 2. The zero-order chi connectivity index (χ0) is 51.5. The molecule has 2 heterocycles. The number of nitrogens with zero attached hydrogens (tertiary/aromatic N) is 6. The fraction of sp³-hybridized carbons (Fsp3) is 0.391. The Balaban J connectivity index is 0.00000397. The first kappa shape index (κ1) is 57.2. The number of fused-ring (bicyclic) bond motifs is 1. The Hall–Kier alpha value is -7.92. The number of nitro benzene ring substituents is 1. The van der Waals surface area contributed by atoms with E-state index in [1.807, 2.05) is 0 Å². The molecule has 0 aliphatic rings. The molecule has 0 aliphatic carbocycles. The van der Waals surface area contributed by atoms with Crippen molar-refractivity contribution in [1.29, 1.82) is 0 Å². The van der Waals surface area contributed by atoms with Gasteiger partial charge in [0.15, 0.2) is 11.4 Å². The maximum absolute atomic E-state index is 13.5. The van der Waals surface area contributed by atoms with E-state index in [-0.39, 0.29) is 85.3 Å². The van der Waals surface area contributed by atoms with Gasteiger partial charge in [0.1, 0.15) is 41.8 Å². The summed E-state index contributed by atoms with van der Waals surface area (Å²) in [5.74, 6) is -0.572. The molecule has 9 N–H and O–H groups in total. The zero-order valence-electron chi connectivity index (χ0n) is 40.3. The molecule has 4 aromatic rings. The van der Waals surface area contributed by atoms with Crippen molar-refractivity contribution in [2.24, 2.45) is 22.2 Å². The summed E-state index contributed by atoms with van der Waals surface area (Å²) in [6.45, 7) is 11.4. The van der Waals surface area contributed by atoms with Crippen LogP contribution in [0.25, 0.3) is 11.0 Å². The minimum absolute atomic E-state index is 0.0236. The molecule has 69 heavy (non-hydrogen) atoms. The molecule has 374 valence electrons. The van der Waals surface area contributed by atoms with Crippen LogP contribution in [-0.4, -0.2) is 113 Å². The molecule has 0 fully saturated rings. The first-order valence-corrected chi connectivity index (χ1v) is 21.7. The number of aromatic nitrogens is 4. The maximum atomic E-state index is 13.5. The van der Waals surface area contributed by atoms with Crippen molar-refractivity contribution >= 4 is 70.3 Å². The lowest BCUT2D eigenvalue weighted by atomic mass is 10.1. The van der Waals surface area contributed by atoms with Gasteiger partial charge in [-0.05, 0) is 92.4 Å². The van der Waals surface area contributed by atoms with Gasteiger partial charge in [-0.2, -0.15) is 5.10 Å². The van der Waals surface area contributed by atoms with E-state index in [0.717, 1.165) is 6.07 Å². The minimum Gasteiger partial charge on any atom is -0.491 e. The van der Waals surface area contributed by atoms with E-state index in [0.29, 0.717) is 54.5 Å². The highest BCUT2D eigenvalue weighted by Gasteiger charge is 2.22. The van der Waals surface area contributed by atoms with Crippen molar-refractivity contribution < 1.29 is 47.8 Å². The molecule has 0 spiro atoms. The normalized spacial score (nSPS) is 11.5. The standard InChI is InChI=1S/C44H54N10O11.2CH5N/c1-7-46-34(20-29(3)45)41(58)51-42-50-33-21-30(27-55)24-37(64-19-13-14-38(57)62-8-2)40(33)53(42)17-10-9-15-47-39-35(54(60)61)22-31(28-56)23-36(39)63-18-12-11-16-52-26-32(25-48-52)49-43(59)65-44(4,5)6;2*1-2/h9-12,20-28,47H,7-8,13-19,45H2,1-6H3,(H,49,59)(H,50,51,58);2*2H2,1H3/b10-9+,12-11+,29-20-,46-34?;;. The average Bonchev–Trinajstić information content (AvgIpc) is 3.90. The molecule has 0 unspecified atom stereocenters. The molecule has 23 heteroatoms. The largest absolute Gasteiger partial charge is 0.491 e. The van der Waals surface area contributed by atoms with E-state index in [2.05, 4.69) is 42.5 Å². The highest BCUT2D eigenvalue weighted by molar-refractivity contribution is 6.47. The van der Waals surface area contributed by atoms with Crippen LogP contribution < -0.4 is 42.6 Å². The quantitative estimate of drug-likeness (QED) is 0.00953. The molecule has 0 atom stereocenters. The van der Waals surface area contributed by atoms with Gasteiger partial charge in [-0.3, -0.25) is 49.6 Å². The Morgan fingerprint density at radius 3 is 2.25 bits per heavy atom. The van der Waals surface area contributed by atoms with Crippen molar-refractivity contribution in [1.82, 2.24) is 19.3 Å². The summed E-state index contributed by atoms with van der Waals surface area (Å²) in [5.41, 5.74) is 15.7. The van der Waals surface area contributed by atoms with Crippen molar-refractivity contribution in [3.05, 3.63) is 94.0 Å². The van der Waals surface area contributed by atoms with Gasteiger partial charge in [-0.25, -0.2) is 9.78 Å². The summed E-state index contributed by atoms with van der Waals surface area (Å²) < 4.78 is 25.5. The van der Waals surface area contributed by atoms with Crippen molar-refractivity contribution in [2.75, 3.05) is 63.0 Å². The smallest absolute Gasteiger partial charge is 0.412 e. The van der Waals surface area contributed by atoms with Crippen LogP contribution in [0.4, 0.5) is 27.8 Å². The fourth-order valence-corrected chi connectivity index (χ4v) is 5.96. The number of rotatable bonds is 24. The van der Waals surface area contributed by atoms with Gasteiger partial charge in [0.2, 0.25) is 5.95 Å². The maximum Gasteiger partial charge on any atom is 0.412 e. The average molecular weight is 961 g/mol. The summed E-state index contributed by atoms with van der Waals surface area (Å²) in [6, 6.07) is 5.58. The number of aldehydes is 2. The van der Waals surface area contributed by atoms with Crippen LogP contribution in [0.5, 0.6) is 11.5 Å². The molecule has 0 saturated carbocycles. The number of ether oxygens (including phenoxy) is 4. The number of esters is 1. The molecule has 2 amide bonds. The third kappa shape index (κ3) is 19.1. The van der Waals surface area contributed by atoms with Gasteiger partial charge in [0.05, 0.1) is 42.1 Å². The molecule has 0 saturated heterocycles.